The molecule has 6 atom stereocenters. The van der Waals surface area contributed by atoms with Gasteiger partial charge < -0.3 is 9.47 Å². The van der Waals surface area contributed by atoms with Gasteiger partial charge in [-0.2, -0.15) is 0 Å². The van der Waals surface area contributed by atoms with Crippen molar-refractivity contribution in [2.24, 2.45) is 23.2 Å². The van der Waals surface area contributed by atoms with E-state index in [0.717, 1.165) is 44.9 Å². The lowest BCUT2D eigenvalue weighted by Gasteiger charge is -2.46. The summed E-state index contributed by atoms with van der Waals surface area (Å²) in [4.78, 5) is 0.494. The van der Waals surface area contributed by atoms with E-state index in [-0.39, 0.29) is 28.3 Å². The van der Waals surface area contributed by atoms with Crippen molar-refractivity contribution in [3.05, 3.63) is 30.3 Å². The summed E-state index contributed by atoms with van der Waals surface area (Å²) in [5.74, 6) is 0.853. The molecule has 2 aliphatic carbocycles. The maximum atomic E-state index is 13.6. The number of rotatable bonds is 6. The summed E-state index contributed by atoms with van der Waals surface area (Å²) < 4.78 is 39.4. The van der Waals surface area contributed by atoms with Gasteiger partial charge in [-0.3, -0.25) is 0 Å². The topological polar surface area (TPSA) is 52.6 Å². The fourth-order valence-corrected chi connectivity index (χ4v) is 9.72. The minimum atomic E-state index is -3.29. The van der Waals surface area contributed by atoms with Crippen LogP contribution in [0.15, 0.2) is 35.2 Å². The van der Waals surface area contributed by atoms with Gasteiger partial charge in [0, 0.05) is 0 Å². The molecule has 4 nitrogen and oxygen atoms in total. The average Bonchev–Trinajstić information content (AvgIpc) is 3.17. The Morgan fingerprint density at radius 1 is 1.03 bits per heavy atom. The van der Waals surface area contributed by atoms with Crippen molar-refractivity contribution >= 4 is 9.84 Å². The molecule has 0 aromatic heterocycles. The Morgan fingerprint density at radius 3 is 2.34 bits per heavy atom. The number of hydrogen-bond donors (Lipinski definition) is 0. The molecule has 5 heteroatoms. The van der Waals surface area contributed by atoms with E-state index in [4.69, 9.17) is 9.47 Å². The first kappa shape index (κ1) is 24.2. The van der Waals surface area contributed by atoms with Gasteiger partial charge in [-0.25, -0.2) is 8.42 Å². The second-order valence-electron chi connectivity index (χ2n) is 11.9. The van der Waals surface area contributed by atoms with Crippen LogP contribution < -0.4 is 0 Å². The zero-order valence-corrected chi connectivity index (χ0v) is 21.6. The molecule has 2 saturated carbocycles. The van der Waals surface area contributed by atoms with Crippen LogP contribution in [-0.4, -0.2) is 31.2 Å². The first-order valence-corrected chi connectivity index (χ1v) is 14.1. The van der Waals surface area contributed by atoms with E-state index in [2.05, 4.69) is 27.7 Å². The molecule has 3 aliphatic rings. The molecule has 3 fully saturated rings. The van der Waals surface area contributed by atoms with Crippen molar-refractivity contribution < 1.29 is 17.9 Å². The number of ether oxygens (including phenoxy) is 2. The van der Waals surface area contributed by atoms with Crippen LogP contribution in [0.25, 0.3) is 0 Å². The number of hydrogen-bond acceptors (Lipinski definition) is 4. The van der Waals surface area contributed by atoms with Crippen molar-refractivity contribution in [1.29, 1.82) is 0 Å². The molecular formula is C27H42O4S. The standard InChI is InChI=1S/C27H42O4S/c1-19(14-17-24-25(2,3)31-26(4,5)30-24)21-15-16-22-23(13-10-18-27(21,22)6)32(28,29)20-11-8-7-9-12-20/h7-9,11-12,19,21-24H,10,13-18H2,1-6H3/t19-,21-,22+,23-,24+,27-/m1/s1. The van der Waals surface area contributed by atoms with E-state index in [9.17, 15) is 8.42 Å². The number of benzene rings is 1. The van der Waals surface area contributed by atoms with Crippen molar-refractivity contribution in [1.82, 2.24) is 0 Å². The minimum absolute atomic E-state index is 0.0996. The molecule has 0 N–H and O–H groups in total. The highest BCUT2D eigenvalue weighted by Crippen LogP contribution is 2.60. The molecule has 4 rings (SSSR count). The van der Waals surface area contributed by atoms with E-state index >= 15 is 0 Å². The number of fused-ring (bicyclic) bond motifs is 1. The summed E-state index contributed by atoms with van der Waals surface area (Å²) in [6.07, 6.45) is 7.31. The Labute approximate surface area is 195 Å². The van der Waals surface area contributed by atoms with E-state index < -0.39 is 15.6 Å². The van der Waals surface area contributed by atoms with Crippen LogP contribution in [0.2, 0.25) is 0 Å². The van der Waals surface area contributed by atoms with Crippen LogP contribution in [0, 0.1) is 23.2 Å². The molecule has 0 unspecified atom stereocenters. The first-order valence-electron chi connectivity index (χ1n) is 12.5. The lowest BCUT2D eigenvalue weighted by Crippen LogP contribution is -2.44. The summed E-state index contributed by atoms with van der Waals surface area (Å²) in [5, 5.41) is -0.243. The van der Waals surface area contributed by atoms with E-state index in [0.29, 0.717) is 16.7 Å². The Hall–Kier alpha value is -0.910. The van der Waals surface area contributed by atoms with Crippen molar-refractivity contribution in [2.45, 2.75) is 114 Å². The highest BCUT2D eigenvalue weighted by atomic mass is 32.2. The van der Waals surface area contributed by atoms with Crippen molar-refractivity contribution in [3.8, 4) is 0 Å². The van der Waals surface area contributed by atoms with Crippen LogP contribution in [0.4, 0.5) is 0 Å². The molecule has 0 amide bonds. The molecule has 1 aliphatic heterocycles. The van der Waals surface area contributed by atoms with Crippen molar-refractivity contribution in [3.63, 3.8) is 0 Å². The van der Waals surface area contributed by atoms with Crippen molar-refractivity contribution in [2.75, 3.05) is 0 Å². The lowest BCUT2D eigenvalue weighted by atomic mass is 9.62. The largest absolute Gasteiger partial charge is 0.344 e. The van der Waals surface area contributed by atoms with E-state index in [1.807, 2.05) is 32.0 Å². The smallest absolute Gasteiger partial charge is 0.181 e. The summed E-state index contributed by atoms with van der Waals surface area (Å²) in [5.41, 5.74) is -0.170. The predicted molar refractivity (Wildman–Crippen MR) is 128 cm³/mol. The van der Waals surface area contributed by atoms with Crippen LogP contribution >= 0.6 is 0 Å². The minimum Gasteiger partial charge on any atom is -0.344 e. The Balaban J connectivity index is 1.47. The van der Waals surface area contributed by atoms with Gasteiger partial charge in [0.1, 0.15) is 0 Å². The predicted octanol–water partition coefficient (Wildman–Crippen LogP) is 6.39. The third kappa shape index (κ3) is 4.30. The Morgan fingerprint density at radius 2 is 1.72 bits per heavy atom. The maximum absolute atomic E-state index is 13.6. The zero-order chi connectivity index (χ0) is 23.4. The monoisotopic (exact) mass is 462 g/mol. The van der Waals surface area contributed by atoms with E-state index in [1.165, 1.54) is 0 Å². The molecule has 180 valence electrons. The fraction of sp³-hybridized carbons (Fsp3) is 0.778. The van der Waals surface area contributed by atoms with Gasteiger partial charge in [-0.1, -0.05) is 38.5 Å². The van der Waals surface area contributed by atoms with Crippen LogP contribution in [0.3, 0.4) is 0 Å². The number of sulfone groups is 1. The molecule has 0 radical (unpaired) electrons. The normalized spacial score (nSPS) is 37.2. The Bertz CT molecular complexity index is 907. The molecule has 1 aromatic carbocycles. The molecule has 0 bridgehead atoms. The fourth-order valence-electron chi connectivity index (χ4n) is 7.48. The highest BCUT2D eigenvalue weighted by Gasteiger charge is 2.56. The van der Waals surface area contributed by atoms with Crippen LogP contribution in [0.5, 0.6) is 0 Å². The summed E-state index contributed by atoms with van der Waals surface area (Å²) in [7, 11) is -3.29. The van der Waals surface area contributed by atoms with Gasteiger partial charge in [0.15, 0.2) is 15.6 Å². The highest BCUT2D eigenvalue weighted by molar-refractivity contribution is 7.92. The quantitative estimate of drug-likeness (QED) is 0.491. The van der Waals surface area contributed by atoms with Gasteiger partial charge in [-0.15, -0.1) is 0 Å². The third-order valence-electron chi connectivity index (χ3n) is 8.89. The second kappa shape index (κ2) is 8.39. The molecule has 1 heterocycles. The SMILES string of the molecule is C[C@H](CC[C@@H]1OC(C)(C)OC1(C)C)[C@H]1CC[C@H]2[C@H](S(=O)(=O)c3ccccc3)CCC[C@]12C. The second-order valence-corrected chi connectivity index (χ2v) is 14.0. The summed E-state index contributed by atoms with van der Waals surface area (Å²) in [6, 6.07) is 9.10. The molecule has 0 spiro atoms. The van der Waals surface area contributed by atoms with Gasteiger partial charge in [-0.05, 0) is 102 Å². The summed E-state index contributed by atoms with van der Waals surface area (Å²) >= 11 is 0. The molecule has 32 heavy (non-hydrogen) atoms. The first-order chi connectivity index (χ1) is 14.9. The van der Waals surface area contributed by atoms with Gasteiger partial charge in [0.2, 0.25) is 0 Å². The van der Waals surface area contributed by atoms with Crippen LogP contribution in [-0.2, 0) is 19.3 Å². The maximum Gasteiger partial charge on any atom is 0.181 e. The van der Waals surface area contributed by atoms with Gasteiger partial charge in [0.25, 0.3) is 0 Å². The Kier molecular flexibility index (Phi) is 6.35. The lowest BCUT2D eigenvalue weighted by molar-refractivity contribution is -0.157. The zero-order valence-electron chi connectivity index (χ0n) is 20.8. The van der Waals surface area contributed by atoms with Gasteiger partial charge in [0.05, 0.1) is 21.9 Å². The van der Waals surface area contributed by atoms with Crippen LogP contribution in [0.1, 0.15) is 86.5 Å². The molecular weight excluding hydrogens is 420 g/mol. The summed E-state index contributed by atoms with van der Waals surface area (Å²) in [6.45, 7) is 13.0. The van der Waals surface area contributed by atoms with E-state index in [1.54, 1.807) is 12.1 Å². The van der Waals surface area contributed by atoms with Gasteiger partial charge >= 0.3 is 0 Å². The molecule has 1 aromatic rings. The third-order valence-corrected chi connectivity index (χ3v) is 11.2. The molecule has 1 saturated heterocycles. The average molecular weight is 463 g/mol.